The Bertz CT molecular complexity index is 1220. The van der Waals surface area contributed by atoms with Gasteiger partial charge in [0.1, 0.15) is 17.6 Å². The number of rotatable bonds is 6. The Kier molecular flexibility index (Phi) is 5.22. The average molecular weight is 429 g/mol. The molecule has 31 heavy (non-hydrogen) atoms. The van der Waals surface area contributed by atoms with E-state index in [9.17, 15) is 4.79 Å². The molecule has 5 nitrogen and oxygen atoms in total. The molecule has 6 heteroatoms. The molecule has 3 heterocycles. The minimum atomic E-state index is -0.328. The van der Waals surface area contributed by atoms with Gasteiger partial charge in [0.05, 0.1) is 7.11 Å². The van der Waals surface area contributed by atoms with Gasteiger partial charge in [-0.1, -0.05) is 60.7 Å². The van der Waals surface area contributed by atoms with Gasteiger partial charge in [0.15, 0.2) is 11.1 Å². The highest BCUT2D eigenvalue weighted by Gasteiger charge is 2.41. The highest BCUT2D eigenvalue weighted by molar-refractivity contribution is 7.13. The SMILES string of the molecule is COc1ccc(CC2Nc3c(Cc4ccccc4)nc(-c4ccccc4)c[n+]3C2=O)s1. The van der Waals surface area contributed by atoms with E-state index < -0.39 is 0 Å². The first kappa shape index (κ1) is 19.5. The van der Waals surface area contributed by atoms with Crippen LogP contribution in [0.1, 0.15) is 20.9 Å². The third-order valence-electron chi connectivity index (χ3n) is 5.39. The van der Waals surface area contributed by atoms with Crippen molar-refractivity contribution in [1.82, 2.24) is 4.98 Å². The number of anilines is 1. The van der Waals surface area contributed by atoms with Gasteiger partial charge in [-0.2, -0.15) is 4.57 Å². The summed E-state index contributed by atoms with van der Waals surface area (Å²) < 4.78 is 7.04. The molecule has 1 aliphatic rings. The van der Waals surface area contributed by atoms with Gasteiger partial charge in [-0.05, 0) is 17.7 Å². The quantitative estimate of drug-likeness (QED) is 0.463. The molecule has 0 saturated carbocycles. The van der Waals surface area contributed by atoms with Crippen LogP contribution < -0.4 is 14.6 Å². The lowest BCUT2D eigenvalue weighted by atomic mass is 10.1. The van der Waals surface area contributed by atoms with Gasteiger partial charge in [0.2, 0.25) is 0 Å². The second-order valence-electron chi connectivity index (χ2n) is 7.48. The summed E-state index contributed by atoms with van der Waals surface area (Å²) in [5.41, 5.74) is 3.81. The van der Waals surface area contributed by atoms with Crippen LogP contribution in [-0.2, 0) is 12.8 Å². The monoisotopic (exact) mass is 428 g/mol. The molecule has 4 aromatic rings. The van der Waals surface area contributed by atoms with Crippen molar-refractivity contribution in [3.05, 3.63) is 95.1 Å². The van der Waals surface area contributed by atoms with Crippen LogP contribution in [0.2, 0.25) is 0 Å². The molecule has 2 aromatic heterocycles. The number of ether oxygens (including phenoxy) is 1. The van der Waals surface area contributed by atoms with E-state index in [-0.39, 0.29) is 11.9 Å². The van der Waals surface area contributed by atoms with E-state index in [0.29, 0.717) is 12.8 Å². The molecular weight excluding hydrogens is 406 g/mol. The zero-order valence-corrected chi connectivity index (χ0v) is 17.9. The van der Waals surface area contributed by atoms with Crippen LogP contribution in [0.15, 0.2) is 79.0 Å². The molecule has 154 valence electrons. The minimum Gasteiger partial charge on any atom is -0.487 e. The van der Waals surface area contributed by atoms with Gasteiger partial charge >= 0.3 is 11.7 Å². The standard InChI is InChI=1S/C25H21N3O2S/c1-30-23-13-12-19(31-23)15-21-25(29)28-16-22(18-10-6-3-7-11-18)26-20(24(28)27-21)14-17-8-4-2-5-9-17/h2-13,16,21H,14-15H2,1H3/p+1. The summed E-state index contributed by atoms with van der Waals surface area (Å²) >= 11 is 1.57. The molecule has 1 unspecified atom stereocenters. The number of fused-ring (bicyclic) bond motifs is 1. The molecule has 0 bridgehead atoms. The zero-order chi connectivity index (χ0) is 21.2. The molecule has 0 radical (unpaired) electrons. The van der Waals surface area contributed by atoms with Crippen molar-refractivity contribution < 1.29 is 14.1 Å². The molecule has 0 fully saturated rings. The lowest BCUT2D eigenvalue weighted by molar-refractivity contribution is -0.552. The first-order valence-electron chi connectivity index (χ1n) is 10.2. The van der Waals surface area contributed by atoms with Crippen LogP contribution in [0, 0.1) is 0 Å². The van der Waals surface area contributed by atoms with Gasteiger partial charge in [0.25, 0.3) is 0 Å². The van der Waals surface area contributed by atoms with E-state index in [1.165, 1.54) is 0 Å². The van der Waals surface area contributed by atoms with Crippen LogP contribution in [0.25, 0.3) is 11.3 Å². The fourth-order valence-corrected chi connectivity index (χ4v) is 4.72. The molecule has 2 aromatic carbocycles. The van der Waals surface area contributed by atoms with Crippen LogP contribution in [0.3, 0.4) is 0 Å². The van der Waals surface area contributed by atoms with Crippen molar-refractivity contribution in [2.75, 3.05) is 12.4 Å². The second kappa shape index (κ2) is 8.32. The Morgan fingerprint density at radius 2 is 1.77 bits per heavy atom. The van der Waals surface area contributed by atoms with Gasteiger partial charge in [-0.3, -0.25) is 5.32 Å². The predicted molar refractivity (Wildman–Crippen MR) is 122 cm³/mol. The smallest absolute Gasteiger partial charge is 0.359 e. The van der Waals surface area contributed by atoms with Crippen molar-refractivity contribution in [2.45, 2.75) is 18.9 Å². The Morgan fingerprint density at radius 1 is 1.03 bits per heavy atom. The maximum Gasteiger partial charge on any atom is 0.359 e. The number of benzene rings is 2. The summed E-state index contributed by atoms with van der Waals surface area (Å²) in [5.74, 6) is 0.818. The predicted octanol–water partition coefficient (Wildman–Crippen LogP) is 4.37. The molecule has 0 saturated heterocycles. The van der Waals surface area contributed by atoms with Crippen LogP contribution >= 0.6 is 11.3 Å². The summed E-state index contributed by atoms with van der Waals surface area (Å²) in [4.78, 5) is 19.4. The van der Waals surface area contributed by atoms with Gasteiger partial charge in [0, 0.05) is 23.3 Å². The fraction of sp³-hybridized carbons (Fsp3) is 0.160. The number of hydrogen-bond acceptors (Lipinski definition) is 5. The molecule has 5 rings (SSSR count). The van der Waals surface area contributed by atoms with Crippen LogP contribution in [0.4, 0.5) is 5.82 Å². The summed E-state index contributed by atoms with van der Waals surface area (Å²) in [6.07, 6.45) is 3.11. The van der Waals surface area contributed by atoms with Crippen molar-refractivity contribution in [2.24, 2.45) is 0 Å². The first-order chi connectivity index (χ1) is 15.2. The van der Waals surface area contributed by atoms with E-state index in [1.807, 2.05) is 66.9 Å². The average Bonchev–Trinajstić information content (AvgIpc) is 3.40. The third kappa shape index (κ3) is 3.94. The third-order valence-corrected chi connectivity index (χ3v) is 6.46. The Hall–Kier alpha value is -3.51. The highest BCUT2D eigenvalue weighted by Crippen LogP contribution is 2.28. The number of thiophene rings is 1. The maximum absolute atomic E-state index is 13.3. The topological polar surface area (TPSA) is 55.1 Å². The van der Waals surface area contributed by atoms with Gasteiger partial charge in [-0.15, -0.1) is 11.3 Å². The lowest BCUT2D eigenvalue weighted by Crippen LogP contribution is -2.44. The van der Waals surface area contributed by atoms with Crippen LogP contribution in [0.5, 0.6) is 5.06 Å². The van der Waals surface area contributed by atoms with Crippen molar-refractivity contribution in [1.29, 1.82) is 0 Å². The number of methoxy groups -OCH3 is 1. The molecule has 1 atom stereocenters. The minimum absolute atomic E-state index is 0.0382. The fourth-order valence-electron chi connectivity index (χ4n) is 3.85. The summed E-state index contributed by atoms with van der Waals surface area (Å²) in [6.45, 7) is 0. The largest absolute Gasteiger partial charge is 0.487 e. The number of aromatic nitrogens is 2. The van der Waals surface area contributed by atoms with E-state index in [2.05, 4.69) is 17.4 Å². The maximum atomic E-state index is 13.3. The Labute approximate surface area is 185 Å². The van der Waals surface area contributed by atoms with E-state index in [1.54, 1.807) is 23.0 Å². The molecule has 0 amide bonds. The Balaban J connectivity index is 1.52. The second-order valence-corrected chi connectivity index (χ2v) is 8.61. The summed E-state index contributed by atoms with van der Waals surface area (Å²) in [7, 11) is 1.66. The summed E-state index contributed by atoms with van der Waals surface area (Å²) in [5, 5.41) is 4.29. The Morgan fingerprint density at radius 3 is 2.48 bits per heavy atom. The van der Waals surface area contributed by atoms with Crippen molar-refractivity contribution in [3.63, 3.8) is 0 Å². The van der Waals surface area contributed by atoms with Crippen molar-refractivity contribution in [3.8, 4) is 16.3 Å². The van der Waals surface area contributed by atoms with E-state index in [0.717, 1.165) is 38.3 Å². The number of hydrogen-bond donors (Lipinski definition) is 1. The first-order valence-corrected chi connectivity index (χ1v) is 11.0. The number of carbonyl (C=O) groups is 1. The molecule has 0 aliphatic carbocycles. The van der Waals surface area contributed by atoms with Gasteiger partial charge < -0.3 is 4.74 Å². The summed E-state index contributed by atoms with van der Waals surface area (Å²) in [6, 6.07) is 23.8. The van der Waals surface area contributed by atoms with Crippen molar-refractivity contribution >= 4 is 23.1 Å². The molecule has 1 N–H and O–H groups in total. The lowest BCUT2D eigenvalue weighted by Gasteiger charge is -2.07. The van der Waals surface area contributed by atoms with E-state index >= 15 is 0 Å². The molecule has 1 aliphatic heterocycles. The van der Waals surface area contributed by atoms with Gasteiger partial charge in [-0.25, -0.2) is 9.78 Å². The zero-order valence-electron chi connectivity index (χ0n) is 17.1. The normalized spacial score (nSPS) is 14.9. The van der Waals surface area contributed by atoms with E-state index in [4.69, 9.17) is 9.72 Å². The highest BCUT2D eigenvalue weighted by atomic mass is 32.1. The van der Waals surface area contributed by atoms with Crippen LogP contribution in [-0.4, -0.2) is 24.0 Å². The number of carbonyl (C=O) groups excluding carboxylic acids is 1. The molecular formula is C25H22N3O2S+. The molecule has 0 spiro atoms. The number of nitrogens with zero attached hydrogens (tertiary/aromatic N) is 2. The number of nitrogens with one attached hydrogen (secondary N) is 1.